The number of thiophene rings is 1. The number of nitrogens with one attached hydrogen (secondary N) is 1. The second-order valence-corrected chi connectivity index (χ2v) is 11.4. The maximum atomic E-state index is 12.8. The van der Waals surface area contributed by atoms with Gasteiger partial charge in [-0.3, -0.25) is 19.7 Å². The first-order valence-corrected chi connectivity index (χ1v) is 12.9. The van der Waals surface area contributed by atoms with E-state index >= 15 is 0 Å². The number of benzene rings is 1. The predicted molar refractivity (Wildman–Crippen MR) is 118 cm³/mol. The lowest BCUT2D eigenvalue weighted by atomic mass is 10.0. The van der Waals surface area contributed by atoms with Gasteiger partial charge in [-0.25, -0.2) is 8.42 Å². The molecule has 1 unspecified atom stereocenters. The molecule has 0 saturated carbocycles. The Bertz CT molecular complexity index is 1190. The fourth-order valence-corrected chi connectivity index (χ4v) is 6.63. The minimum atomic E-state index is -3.37. The molecule has 1 saturated heterocycles. The maximum absolute atomic E-state index is 12.8. The standard InChI is InChI=1S/C21H21ClN2O5S2/c1-12-2-3-13(8-16(12)22)11-31(28,29)7-6-18-14-9-24(21(27)15(14)10-30-18)17-4-5-19(25)23-20(17)26/h2-3,8,10,17H,4-7,9,11H2,1H3,(H,23,25,26). The molecule has 7 nitrogen and oxygen atoms in total. The number of sulfone groups is 1. The molecular formula is C21H21ClN2O5S2. The van der Waals surface area contributed by atoms with E-state index in [1.807, 2.05) is 6.92 Å². The topological polar surface area (TPSA) is 101 Å². The summed E-state index contributed by atoms with van der Waals surface area (Å²) < 4.78 is 25.3. The summed E-state index contributed by atoms with van der Waals surface area (Å²) in [6, 6.07) is 4.56. The van der Waals surface area contributed by atoms with E-state index in [0.717, 1.165) is 16.0 Å². The lowest BCUT2D eigenvalue weighted by Crippen LogP contribution is -2.52. The Morgan fingerprint density at radius 1 is 1.26 bits per heavy atom. The Morgan fingerprint density at radius 2 is 2.03 bits per heavy atom. The van der Waals surface area contributed by atoms with Crippen LogP contribution in [-0.2, 0) is 38.1 Å². The Kier molecular flexibility index (Phi) is 5.93. The number of hydrogen-bond acceptors (Lipinski definition) is 6. The summed E-state index contributed by atoms with van der Waals surface area (Å²) in [6.45, 7) is 2.12. The van der Waals surface area contributed by atoms with Crippen LogP contribution in [0, 0.1) is 6.92 Å². The zero-order valence-corrected chi connectivity index (χ0v) is 19.2. The first kappa shape index (κ1) is 22.0. The van der Waals surface area contributed by atoms with Crippen LogP contribution < -0.4 is 5.32 Å². The summed E-state index contributed by atoms with van der Waals surface area (Å²) in [5, 5.41) is 4.54. The quantitative estimate of drug-likeness (QED) is 0.640. The fraction of sp³-hybridized carbons (Fsp3) is 0.381. The third-order valence-corrected chi connectivity index (χ3v) is 8.74. The molecule has 0 spiro atoms. The van der Waals surface area contributed by atoms with E-state index in [1.54, 1.807) is 23.6 Å². The van der Waals surface area contributed by atoms with Gasteiger partial charge in [0.05, 0.1) is 17.1 Å². The van der Waals surface area contributed by atoms with E-state index in [2.05, 4.69) is 5.32 Å². The number of amides is 3. The Balaban J connectivity index is 1.44. The van der Waals surface area contributed by atoms with Gasteiger partial charge in [-0.1, -0.05) is 23.7 Å². The molecule has 2 aromatic rings. The van der Waals surface area contributed by atoms with Gasteiger partial charge < -0.3 is 4.90 Å². The number of rotatable bonds is 6. The lowest BCUT2D eigenvalue weighted by Gasteiger charge is -2.29. The van der Waals surface area contributed by atoms with E-state index in [1.165, 1.54) is 16.2 Å². The number of carbonyl (C=O) groups is 3. The van der Waals surface area contributed by atoms with Crippen molar-refractivity contribution >= 4 is 50.5 Å². The van der Waals surface area contributed by atoms with E-state index in [9.17, 15) is 22.8 Å². The van der Waals surface area contributed by atoms with Crippen LogP contribution in [0.15, 0.2) is 23.6 Å². The van der Waals surface area contributed by atoms with E-state index < -0.39 is 21.8 Å². The average molecular weight is 481 g/mol. The zero-order valence-electron chi connectivity index (χ0n) is 16.8. The van der Waals surface area contributed by atoms with E-state index in [0.29, 0.717) is 29.0 Å². The third kappa shape index (κ3) is 4.53. The van der Waals surface area contributed by atoms with Gasteiger partial charge in [-0.2, -0.15) is 0 Å². The van der Waals surface area contributed by atoms with Crippen LogP contribution in [0.25, 0.3) is 0 Å². The number of imide groups is 1. The van der Waals surface area contributed by atoms with Crippen molar-refractivity contribution in [2.24, 2.45) is 0 Å². The van der Waals surface area contributed by atoms with Crippen molar-refractivity contribution in [3.8, 4) is 0 Å². The molecule has 2 aliphatic heterocycles. The van der Waals surface area contributed by atoms with E-state index in [4.69, 9.17) is 11.6 Å². The van der Waals surface area contributed by atoms with Crippen molar-refractivity contribution in [1.82, 2.24) is 10.2 Å². The molecule has 10 heteroatoms. The number of hydrogen-bond donors (Lipinski definition) is 1. The van der Waals surface area contributed by atoms with Crippen molar-refractivity contribution in [2.75, 3.05) is 5.75 Å². The number of carbonyl (C=O) groups excluding carboxylic acids is 3. The van der Waals surface area contributed by atoms with Gasteiger partial charge in [0.25, 0.3) is 5.91 Å². The zero-order chi connectivity index (χ0) is 22.3. The highest BCUT2D eigenvalue weighted by atomic mass is 35.5. The monoisotopic (exact) mass is 480 g/mol. The van der Waals surface area contributed by atoms with Crippen LogP contribution in [0.4, 0.5) is 0 Å². The molecule has 3 heterocycles. The Hall–Kier alpha value is -2.23. The summed E-state index contributed by atoms with van der Waals surface area (Å²) in [7, 11) is -3.37. The van der Waals surface area contributed by atoms with Gasteiger partial charge in [0.15, 0.2) is 9.84 Å². The summed E-state index contributed by atoms with van der Waals surface area (Å²) in [4.78, 5) is 38.6. The summed E-state index contributed by atoms with van der Waals surface area (Å²) in [5.74, 6) is -1.17. The Morgan fingerprint density at radius 3 is 2.74 bits per heavy atom. The fourth-order valence-electron chi connectivity index (χ4n) is 3.91. The van der Waals surface area contributed by atoms with Crippen LogP contribution in [0.1, 0.15) is 44.8 Å². The number of aryl methyl sites for hydroxylation is 2. The molecule has 1 fully saturated rings. The highest BCUT2D eigenvalue weighted by molar-refractivity contribution is 7.90. The molecule has 1 N–H and O–H groups in total. The molecule has 31 heavy (non-hydrogen) atoms. The smallest absolute Gasteiger partial charge is 0.256 e. The predicted octanol–water partition coefficient (Wildman–Crippen LogP) is 2.63. The molecule has 1 atom stereocenters. The van der Waals surface area contributed by atoms with Crippen LogP contribution in [0.5, 0.6) is 0 Å². The van der Waals surface area contributed by atoms with Crippen molar-refractivity contribution in [1.29, 1.82) is 0 Å². The van der Waals surface area contributed by atoms with Crippen LogP contribution >= 0.6 is 22.9 Å². The third-order valence-electron chi connectivity index (χ3n) is 5.65. The average Bonchev–Trinajstić information content (AvgIpc) is 3.23. The number of nitrogens with zero attached hydrogens (tertiary/aromatic N) is 1. The maximum Gasteiger partial charge on any atom is 0.256 e. The Labute approximate surface area is 189 Å². The second-order valence-electron chi connectivity index (χ2n) is 7.88. The lowest BCUT2D eigenvalue weighted by molar-refractivity contribution is -0.136. The molecular weight excluding hydrogens is 460 g/mol. The molecule has 4 rings (SSSR count). The molecule has 164 valence electrons. The summed E-state index contributed by atoms with van der Waals surface area (Å²) >= 11 is 7.47. The molecule has 3 amide bonds. The van der Waals surface area contributed by atoms with Gasteiger partial charge >= 0.3 is 0 Å². The second kappa shape index (κ2) is 8.37. The van der Waals surface area contributed by atoms with Gasteiger partial charge in [0, 0.05) is 28.2 Å². The summed E-state index contributed by atoms with van der Waals surface area (Å²) in [5.41, 5.74) is 2.84. The van der Waals surface area contributed by atoms with Crippen LogP contribution in [0.2, 0.25) is 5.02 Å². The minimum Gasteiger partial charge on any atom is -0.322 e. The van der Waals surface area contributed by atoms with Gasteiger partial charge in [0.1, 0.15) is 6.04 Å². The first-order chi connectivity index (χ1) is 14.6. The van der Waals surface area contributed by atoms with Crippen molar-refractivity contribution in [3.05, 3.63) is 55.7 Å². The molecule has 0 radical (unpaired) electrons. The number of piperidine rings is 1. The van der Waals surface area contributed by atoms with Crippen molar-refractivity contribution in [3.63, 3.8) is 0 Å². The molecule has 0 aliphatic carbocycles. The van der Waals surface area contributed by atoms with E-state index in [-0.39, 0.29) is 36.3 Å². The van der Waals surface area contributed by atoms with Crippen LogP contribution in [0.3, 0.4) is 0 Å². The largest absolute Gasteiger partial charge is 0.322 e. The van der Waals surface area contributed by atoms with Crippen LogP contribution in [-0.4, -0.2) is 42.8 Å². The molecule has 1 aromatic carbocycles. The minimum absolute atomic E-state index is 0.0436. The van der Waals surface area contributed by atoms with Gasteiger partial charge in [-0.15, -0.1) is 11.3 Å². The highest BCUT2D eigenvalue weighted by Gasteiger charge is 2.40. The highest BCUT2D eigenvalue weighted by Crippen LogP contribution is 2.34. The van der Waals surface area contributed by atoms with Crippen molar-refractivity contribution < 1.29 is 22.8 Å². The number of halogens is 1. The van der Waals surface area contributed by atoms with Gasteiger partial charge in [-0.05, 0) is 42.5 Å². The molecule has 0 bridgehead atoms. The SMILES string of the molecule is Cc1ccc(CS(=O)(=O)CCc2scc3c2CN(C2CCC(=O)NC2=O)C3=O)cc1Cl. The van der Waals surface area contributed by atoms with Gasteiger partial charge in [0.2, 0.25) is 11.8 Å². The molecule has 2 aliphatic rings. The number of fused-ring (bicyclic) bond motifs is 1. The first-order valence-electron chi connectivity index (χ1n) is 9.84. The summed E-state index contributed by atoms with van der Waals surface area (Å²) in [6.07, 6.45) is 0.798. The van der Waals surface area contributed by atoms with Crippen molar-refractivity contribution in [2.45, 2.75) is 44.5 Å². The normalized spacial score (nSPS) is 19.0. The molecule has 1 aromatic heterocycles.